The summed E-state index contributed by atoms with van der Waals surface area (Å²) >= 11 is 3.58. The third kappa shape index (κ3) is 3.36. The molecule has 0 bridgehead atoms. The van der Waals surface area contributed by atoms with Crippen LogP contribution in [0, 0.1) is 0 Å². The Labute approximate surface area is 99.7 Å². The van der Waals surface area contributed by atoms with Crippen LogP contribution in [0.5, 0.6) is 0 Å². The fourth-order valence-electron chi connectivity index (χ4n) is 1.35. The fraction of sp³-hybridized carbons (Fsp3) is 0.333. The van der Waals surface area contributed by atoms with Crippen molar-refractivity contribution in [2.75, 3.05) is 18.9 Å². The number of benzene rings is 1. The maximum Gasteiger partial charge on any atom is 0.0407 e. The Hall–Kier alpha value is -0.800. The zero-order valence-electron chi connectivity index (χ0n) is 8.96. The van der Waals surface area contributed by atoms with Crippen molar-refractivity contribution >= 4 is 27.2 Å². The highest BCUT2D eigenvalue weighted by Crippen LogP contribution is 2.25. The molecule has 15 heavy (non-hydrogen) atoms. The normalized spacial score (nSPS) is 12.2. The standard InChI is InChI=1S/C12H17BrN2/c1-9(12(13)7-8-14)10-3-5-11(15-2)6-4-10/h3-6,12,15H,1,7-8,14H2,2H3. The predicted octanol–water partition coefficient (Wildman–Crippen LogP) is 2.85. The van der Waals surface area contributed by atoms with Gasteiger partial charge < -0.3 is 11.1 Å². The highest BCUT2D eigenvalue weighted by atomic mass is 79.9. The lowest BCUT2D eigenvalue weighted by atomic mass is 10.0. The molecule has 2 nitrogen and oxygen atoms in total. The molecule has 0 aliphatic carbocycles. The molecule has 82 valence electrons. The van der Waals surface area contributed by atoms with Crippen molar-refractivity contribution in [2.45, 2.75) is 11.2 Å². The second kappa shape index (κ2) is 5.93. The Morgan fingerprint density at radius 3 is 2.53 bits per heavy atom. The van der Waals surface area contributed by atoms with Gasteiger partial charge in [0.1, 0.15) is 0 Å². The molecule has 0 aliphatic rings. The molecule has 0 amide bonds. The van der Waals surface area contributed by atoms with Crippen molar-refractivity contribution in [2.24, 2.45) is 5.73 Å². The highest BCUT2D eigenvalue weighted by molar-refractivity contribution is 9.09. The second-order valence-electron chi connectivity index (χ2n) is 3.40. The SMILES string of the molecule is C=C(c1ccc(NC)cc1)C(Br)CCN. The van der Waals surface area contributed by atoms with Gasteiger partial charge in [-0.2, -0.15) is 0 Å². The molecule has 0 heterocycles. The van der Waals surface area contributed by atoms with Gasteiger partial charge in [0.2, 0.25) is 0 Å². The van der Waals surface area contributed by atoms with Gasteiger partial charge in [-0.1, -0.05) is 34.6 Å². The average Bonchev–Trinajstić information content (AvgIpc) is 2.28. The van der Waals surface area contributed by atoms with Crippen molar-refractivity contribution in [3.05, 3.63) is 36.4 Å². The van der Waals surface area contributed by atoms with Gasteiger partial charge in [-0.3, -0.25) is 0 Å². The van der Waals surface area contributed by atoms with Crippen molar-refractivity contribution < 1.29 is 0 Å². The van der Waals surface area contributed by atoms with E-state index in [2.05, 4.69) is 40.0 Å². The van der Waals surface area contributed by atoms with E-state index in [1.54, 1.807) is 0 Å². The molecule has 0 saturated carbocycles. The van der Waals surface area contributed by atoms with Crippen LogP contribution in [-0.2, 0) is 0 Å². The van der Waals surface area contributed by atoms with Crippen LogP contribution < -0.4 is 11.1 Å². The molecule has 1 aromatic rings. The number of nitrogens with two attached hydrogens (primary N) is 1. The second-order valence-corrected chi connectivity index (χ2v) is 4.50. The number of hydrogen-bond donors (Lipinski definition) is 2. The van der Waals surface area contributed by atoms with Crippen LogP contribution in [0.15, 0.2) is 30.8 Å². The number of hydrogen-bond acceptors (Lipinski definition) is 2. The van der Waals surface area contributed by atoms with Crippen LogP contribution in [0.4, 0.5) is 5.69 Å². The molecular weight excluding hydrogens is 252 g/mol. The van der Waals surface area contributed by atoms with Gasteiger partial charge in [0, 0.05) is 17.6 Å². The minimum Gasteiger partial charge on any atom is -0.388 e. The topological polar surface area (TPSA) is 38.0 Å². The third-order valence-corrected chi connectivity index (χ3v) is 3.35. The molecule has 0 aliphatic heterocycles. The summed E-state index contributed by atoms with van der Waals surface area (Å²) in [6, 6.07) is 8.23. The third-order valence-electron chi connectivity index (χ3n) is 2.34. The molecule has 1 aromatic carbocycles. The van der Waals surface area contributed by atoms with E-state index in [1.165, 1.54) is 0 Å². The number of halogens is 1. The first-order chi connectivity index (χ1) is 7.19. The van der Waals surface area contributed by atoms with Crippen molar-refractivity contribution in [3.63, 3.8) is 0 Å². The van der Waals surface area contributed by atoms with E-state index < -0.39 is 0 Å². The zero-order chi connectivity index (χ0) is 11.3. The number of alkyl halides is 1. The Kier molecular flexibility index (Phi) is 4.85. The molecule has 0 saturated heterocycles. The van der Waals surface area contributed by atoms with Crippen LogP contribution >= 0.6 is 15.9 Å². The van der Waals surface area contributed by atoms with E-state index in [4.69, 9.17) is 5.73 Å². The summed E-state index contributed by atoms with van der Waals surface area (Å²) in [5.74, 6) is 0. The lowest BCUT2D eigenvalue weighted by Crippen LogP contribution is -2.09. The zero-order valence-corrected chi connectivity index (χ0v) is 10.5. The van der Waals surface area contributed by atoms with Gasteiger partial charge in [0.25, 0.3) is 0 Å². The molecular formula is C12H17BrN2. The molecule has 0 aromatic heterocycles. The Morgan fingerprint density at radius 1 is 1.47 bits per heavy atom. The van der Waals surface area contributed by atoms with E-state index in [9.17, 15) is 0 Å². The summed E-state index contributed by atoms with van der Waals surface area (Å²) in [5, 5.41) is 3.09. The monoisotopic (exact) mass is 268 g/mol. The first-order valence-corrected chi connectivity index (χ1v) is 5.91. The quantitative estimate of drug-likeness (QED) is 0.807. The number of nitrogens with one attached hydrogen (secondary N) is 1. The summed E-state index contributed by atoms with van der Waals surface area (Å²) < 4.78 is 0. The summed E-state index contributed by atoms with van der Waals surface area (Å²) in [6.07, 6.45) is 0.909. The van der Waals surface area contributed by atoms with Crippen LogP contribution in [0.25, 0.3) is 5.57 Å². The Balaban J connectivity index is 2.73. The van der Waals surface area contributed by atoms with Gasteiger partial charge >= 0.3 is 0 Å². The Bertz CT molecular complexity index is 319. The number of rotatable bonds is 5. The maximum absolute atomic E-state index is 5.51. The van der Waals surface area contributed by atoms with E-state index >= 15 is 0 Å². The molecule has 3 N–H and O–H groups in total. The molecule has 3 heteroatoms. The summed E-state index contributed by atoms with van der Waals surface area (Å²) in [4.78, 5) is 0.267. The molecule has 1 unspecified atom stereocenters. The summed E-state index contributed by atoms with van der Waals surface area (Å²) in [6.45, 7) is 4.75. The maximum atomic E-state index is 5.51. The van der Waals surface area contributed by atoms with Crippen molar-refractivity contribution in [1.82, 2.24) is 0 Å². The van der Waals surface area contributed by atoms with Crippen LogP contribution in [0.3, 0.4) is 0 Å². The predicted molar refractivity (Wildman–Crippen MR) is 71.4 cm³/mol. The largest absolute Gasteiger partial charge is 0.388 e. The molecule has 0 fully saturated rings. The minimum absolute atomic E-state index is 0.267. The smallest absolute Gasteiger partial charge is 0.0407 e. The van der Waals surface area contributed by atoms with Crippen LogP contribution in [0.2, 0.25) is 0 Å². The van der Waals surface area contributed by atoms with E-state index in [0.717, 1.165) is 23.2 Å². The fourth-order valence-corrected chi connectivity index (χ4v) is 1.88. The van der Waals surface area contributed by atoms with Gasteiger partial charge in [-0.15, -0.1) is 0 Å². The Morgan fingerprint density at radius 2 is 2.07 bits per heavy atom. The van der Waals surface area contributed by atoms with Crippen LogP contribution in [0.1, 0.15) is 12.0 Å². The summed E-state index contributed by atoms with van der Waals surface area (Å²) in [5.41, 5.74) is 8.86. The highest BCUT2D eigenvalue weighted by Gasteiger charge is 2.09. The van der Waals surface area contributed by atoms with Crippen LogP contribution in [-0.4, -0.2) is 18.4 Å². The lowest BCUT2D eigenvalue weighted by molar-refractivity contribution is 0.887. The molecule has 1 rings (SSSR count). The van der Waals surface area contributed by atoms with E-state index in [1.807, 2.05) is 19.2 Å². The van der Waals surface area contributed by atoms with Crippen molar-refractivity contribution in [3.8, 4) is 0 Å². The first kappa shape index (κ1) is 12.3. The van der Waals surface area contributed by atoms with Gasteiger partial charge in [0.05, 0.1) is 0 Å². The average molecular weight is 269 g/mol. The molecule has 0 radical (unpaired) electrons. The number of anilines is 1. The summed E-state index contributed by atoms with van der Waals surface area (Å²) in [7, 11) is 1.91. The lowest BCUT2D eigenvalue weighted by Gasteiger charge is -2.12. The van der Waals surface area contributed by atoms with Gasteiger partial charge in [-0.05, 0) is 36.2 Å². The van der Waals surface area contributed by atoms with E-state index in [-0.39, 0.29) is 4.83 Å². The van der Waals surface area contributed by atoms with Gasteiger partial charge in [-0.25, -0.2) is 0 Å². The van der Waals surface area contributed by atoms with E-state index in [0.29, 0.717) is 6.54 Å². The first-order valence-electron chi connectivity index (χ1n) is 5.00. The molecule has 0 spiro atoms. The molecule has 1 atom stereocenters. The van der Waals surface area contributed by atoms with Crippen molar-refractivity contribution in [1.29, 1.82) is 0 Å². The van der Waals surface area contributed by atoms with Gasteiger partial charge in [0.15, 0.2) is 0 Å². The minimum atomic E-state index is 0.267. The number of allylic oxidation sites excluding steroid dienone is 1.